The molecule has 0 aliphatic carbocycles. The highest BCUT2D eigenvalue weighted by Crippen LogP contribution is 2.30. The zero-order chi connectivity index (χ0) is 13.9. The Morgan fingerprint density at radius 2 is 2.00 bits per heavy atom. The highest BCUT2D eigenvalue weighted by atomic mass is 35.7. The van der Waals surface area contributed by atoms with Crippen molar-refractivity contribution in [2.75, 3.05) is 19.8 Å². The van der Waals surface area contributed by atoms with Crippen LogP contribution in [0.2, 0.25) is 5.02 Å². The molecule has 1 heterocycles. The quantitative estimate of drug-likeness (QED) is 0.799. The van der Waals surface area contributed by atoms with Crippen molar-refractivity contribution in [3.63, 3.8) is 0 Å². The minimum absolute atomic E-state index is 0.0891. The maximum Gasteiger partial charge on any atom is 0.265 e. The average Bonchev–Trinajstić information content (AvgIpc) is 2.37. The first-order chi connectivity index (χ1) is 8.97. The summed E-state index contributed by atoms with van der Waals surface area (Å²) in [5, 5.41) is 0.303. The number of hydrogen-bond acceptors (Lipinski definition) is 4. The number of ether oxygens (including phenoxy) is 2. The van der Waals surface area contributed by atoms with Gasteiger partial charge in [0.05, 0.1) is 6.61 Å². The summed E-state index contributed by atoms with van der Waals surface area (Å²) in [6.45, 7) is 1.88. The molecule has 0 unspecified atom stereocenters. The van der Waals surface area contributed by atoms with Gasteiger partial charge in [-0.2, -0.15) is 0 Å². The SMILES string of the molecule is O=S(=O)(Cl)c1cc(Cl)ccc1OCC1CCOCC1. The van der Waals surface area contributed by atoms with E-state index in [-0.39, 0.29) is 10.6 Å². The lowest BCUT2D eigenvalue weighted by atomic mass is 10.0. The number of benzene rings is 1. The molecular formula is C12H14Cl2O4S. The molecule has 0 radical (unpaired) electrons. The molecular weight excluding hydrogens is 311 g/mol. The van der Waals surface area contributed by atoms with E-state index in [0.717, 1.165) is 26.1 Å². The van der Waals surface area contributed by atoms with E-state index < -0.39 is 9.05 Å². The lowest BCUT2D eigenvalue weighted by Gasteiger charge is -2.22. The minimum Gasteiger partial charge on any atom is -0.492 e. The molecule has 1 aliphatic heterocycles. The van der Waals surface area contributed by atoms with Crippen molar-refractivity contribution < 1.29 is 17.9 Å². The van der Waals surface area contributed by atoms with E-state index in [1.165, 1.54) is 12.1 Å². The fourth-order valence-electron chi connectivity index (χ4n) is 1.91. The second-order valence-electron chi connectivity index (χ2n) is 4.40. The maximum absolute atomic E-state index is 11.5. The van der Waals surface area contributed by atoms with Crippen LogP contribution in [0.1, 0.15) is 12.8 Å². The summed E-state index contributed by atoms with van der Waals surface area (Å²) in [7, 11) is 1.50. The highest BCUT2D eigenvalue weighted by Gasteiger charge is 2.20. The van der Waals surface area contributed by atoms with Crippen molar-refractivity contribution in [1.29, 1.82) is 0 Å². The maximum atomic E-state index is 11.5. The van der Waals surface area contributed by atoms with Gasteiger partial charge in [-0.1, -0.05) is 11.6 Å². The summed E-state index contributed by atoms with van der Waals surface area (Å²) in [4.78, 5) is -0.0891. The largest absolute Gasteiger partial charge is 0.492 e. The second-order valence-corrected chi connectivity index (χ2v) is 7.37. The standard InChI is InChI=1S/C12H14Cl2O4S/c13-10-1-2-11(12(7-10)19(14,15)16)18-8-9-3-5-17-6-4-9/h1-2,7,9H,3-6,8H2. The molecule has 1 saturated heterocycles. The molecule has 0 amide bonds. The van der Waals surface area contributed by atoms with E-state index in [4.69, 9.17) is 31.8 Å². The summed E-state index contributed by atoms with van der Waals surface area (Å²) in [5.41, 5.74) is 0. The van der Waals surface area contributed by atoms with Crippen molar-refractivity contribution in [3.8, 4) is 5.75 Å². The zero-order valence-corrected chi connectivity index (χ0v) is 12.5. The summed E-state index contributed by atoms with van der Waals surface area (Å²) in [5.74, 6) is 0.612. The molecule has 0 bridgehead atoms. The Bertz CT molecular complexity index is 539. The summed E-state index contributed by atoms with van der Waals surface area (Å²) >= 11 is 5.78. The van der Waals surface area contributed by atoms with Gasteiger partial charge in [-0.15, -0.1) is 0 Å². The molecule has 2 rings (SSSR count). The van der Waals surface area contributed by atoms with Gasteiger partial charge in [-0.25, -0.2) is 8.42 Å². The van der Waals surface area contributed by atoms with Crippen LogP contribution in [-0.2, 0) is 13.8 Å². The first-order valence-electron chi connectivity index (χ1n) is 5.91. The van der Waals surface area contributed by atoms with Crippen LogP contribution in [0, 0.1) is 5.92 Å². The Kier molecular flexibility index (Phi) is 4.95. The topological polar surface area (TPSA) is 52.6 Å². The first kappa shape index (κ1) is 14.9. The van der Waals surface area contributed by atoms with E-state index in [2.05, 4.69) is 0 Å². The number of rotatable bonds is 4. The van der Waals surface area contributed by atoms with Gasteiger partial charge in [0.1, 0.15) is 10.6 Å². The first-order valence-corrected chi connectivity index (χ1v) is 8.60. The molecule has 4 nitrogen and oxygen atoms in total. The fourth-order valence-corrected chi connectivity index (χ4v) is 3.15. The van der Waals surface area contributed by atoms with Crippen molar-refractivity contribution in [2.24, 2.45) is 5.92 Å². The van der Waals surface area contributed by atoms with Crippen LogP contribution < -0.4 is 4.74 Å². The summed E-state index contributed by atoms with van der Waals surface area (Å²) < 4.78 is 33.8. The van der Waals surface area contributed by atoms with E-state index in [9.17, 15) is 8.42 Å². The predicted molar refractivity (Wildman–Crippen MR) is 73.5 cm³/mol. The lowest BCUT2D eigenvalue weighted by Crippen LogP contribution is -2.21. The van der Waals surface area contributed by atoms with E-state index in [1.807, 2.05) is 0 Å². The Hall–Kier alpha value is -0.490. The second kappa shape index (κ2) is 6.31. The van der Waals surface area contributed by atoms with Crippen LogP contribution in [0.4, 0.5) is 0 Å². The Morgan fingerprint density at radius 3 is 2.63 bits per heavy atom. The third-order valence-electron chi connectivity index (χ3n) is 2.98. The zero-order valence-electron chi connectivity index (χ0n) is 10.1. The normalized spacial score (nSPS) is 17.4. The molecule has 106 valence electrons. The molecule has 1 aliphatic rings. The van der Waals surface area contributed by atoms with Crippen LogP contribution in [0.25, 0.3) is 0 Å². The van der Waals surface area contributed by atoms with Crippen molar-refractivity contribution >= 4 is 31.3 Å². The van der Waals surface area contributed by atoms with Crippen molar-refractivity contribution in [3.05, 3.63) is 23.2 Å². The number of halogens is 2. The van der Waals surface area contributed by atoms with Crippen molar-refractivity contribution in [1.82, 2.24) is 0 Å². The Morgan fingerprint density at radius 1 is 1.32 bits per heavy atom. The lowest BCUT2D eigenvalue weighted by molar-refractivity contribution is 0.0493. The number of hydrogen-bond donors (Lipinski definition) is 0. The molecule has 0 N–H and O–H groups in total. The third-order valence-corrected chi connectivity index (χ3v) is 4.56. The monoisotopic (exact) mass is 324 g/mol. The van der Waals surface area contributed by atoms with Crippen molar-refractivity contribution in [2.45, 2.75) is 17.7 Å². The Labute approximate surface area is 122 Å². The van der Waals surface area contributed by atoms with Gasteiger partial charge in [-0.05, 0) is 37.0 Å². The summed E-state index contributed by atoms with van der Waals surface area (Å²) in [6.07, 6.45) is 1.83. The fraction of sp³-hybridized carbons (Fsp3) is 0.500. The van der Waals surface area contributed by atoms with Crippen LogP contribution in [0.5, 0.6) is 5.75 Å². The van der Waals surface area contributed by atoms with Gasteiger partial charge in [0, 0.05) is 28.9 Å². The van der Waals surface area contributed by atoms with Gasteiger partial charge in [0.25, 0.3) is 9.05 Å². The van der Waals surface area contributed by atoms with E-state index in [1.54, 1.807) is 6.07 Å². The molecule has 1 aromatic carbocycles. The molecule has 1 aromatic rings. The molecule has 0 saturated carbocycles. The van der Waals surface area contributed by atoms with Crippen LogP contribution in [0.15, 0.2) is 23.1 Å². The molecule has 19 heavy (non-hydrogen) atoms. The smallest absolute Gasteiger partial charge is 0.265 e. The Balaban J connectivity index is 2.11. The highest BCUT2D eigenvalue weighted by molar-refractivity contribution is 8.13. The molecule has 0 spiro atoms. The van der Waals surface area contributed by atoms with Crippen LogP contribution in [0.3, 0.4) is 0 Å². The average molecular weight is 325 g/mol. The van der Waals surface area contributed by atoms with Gasteiger partial charge >= 0.3 is 0 Å². The molecule has 1 fully saturated rings. The van der Waals surface area contributed by atoms with Gasteiger partial charge in [0.2, 0.25) is 0 Å². The minimum atomic E-state index is -3.87. The third kappa shape index (κ3) is 4.24. The van der Waals surface area contributed by atoms with E-state index in [0.29, 0.717) is 17.5 Å². The molecule has 0 atom stereocenters. The van der Waals surface area contributed by atoms with Gasteiger partial charge < -0.3 is 9.47 Å². The van der Waals surface area contributed by atoms with Crippen LogP contribution in [-0.4, -0.2) is 28.2 Å². The molecule has 0 aromatic heterocycles. The van der Waals surface area contributed by atoms with E-state index >= 15 is 0 Å². The predicted octanol–water partition coefficient (Wildman–Crippen LogP) is 3.07. The summed E-state index contributed by atoms with van der Waals surface area (Å²) in [6, 6.07) is 4.40. The van der Waals surface area contributed by atoms with Gasteiger partial charge in [-0.3, -0.25) is 0 Å². The van der Waals surface area contributed by atoms with Gasteiger partial charge in [0.15, 0.2) is 0 Å². The molecule has 7 heteroatoms. The van der Waals surface area contributed by atoms with Crippen LogP contribution >= 0.6 is 22.3 Å².